The Balaban J connectivity index is -0.00000000381. The predicted molar refractivity (Wildman–Crippen MR) is 36.8 cm³/mol. The fraction of sp³-hybridized carbons (Fsp3) is 0. The normalized spacial score (nSPS) is 5.00. The summed E-state index contributed by atoms with van der Waals surface area (Å²) in [5.41, 5.74) is 0. The van der Waals surface area contributed by atoms with E-state index in [2.05, 4.69) is 0 Å². The maximum atomic E-state index is 7.33. The van der Waals surface area contributed by atoms with Crippen LogP contribution < -0.4 is 0 Å². The van der Waals surface area contributed by atoms with Crippen LogP contribution in [0.3, 0.4) is 0 Å². The Morgan fingerprint density at radius 3 is 0.500 bits per heavy atom. The van der Waals surface area contributed by atoms with Gasteiger partial charge in [0.25, 0.3) is 0 Å². The Morgan fingerprint density at radius 2 is 0.500 bits per heavy atom. The first kappa shape index (κ1) is 79.6. The van der Waals surface area contributed by atoms with Crippen LogP contribution in [0.4, 0.5) is 28.2 Å². The van der Waals surface area contributed by atoms with Crippen molar-refractivity contribution in [2.45, 2.75) is 0 Å². The van der Waals surface area contributed by atoms with Crippen LogP contribution in [0.5, 0.6) is 0 Å². The van der Waals surface area contributed by atoms with Crippen molar-refractivity contribution in [3.05, 3.63) is 0 Å². The monoisotopic (exact) mass is 240 g/mol. The van der Waals surface area contributed by atoms with Crippen LogP contribution in [-0.2, 0) is 0 Å². The molecule has 0 aromatic heterocycles. The zero-order valence-corrected chi connectivity index (χ0v) is 5.74. The molecule has 0 heterocycles. The number of hydrogen-bond acceptors (Lipinski definition) is 4. The van der Waals surface area contributed by atoms with Gasteiger partial charge in [0, 0.05) is 0 Å². The first-order valence-corrected chi connectivity index (χ1v) is 2.68. The van der Waals surface area contributed by atoms with Gasteiger partial charge in [-0.25, -0.2) is 0 Å². The molecule has 0 saturated carbocycles. The predicted octanol–water partition coefficient (Wildman–Crippen LogP) is -2.34. The number of halogens is 6. The van der Waals surface area contributed by atoms with Gasteiger partial charge in [-0.1, -0.05) is 0 Å². The van der Waals surface area contributed by atoms with E-state index in [4.69, 9.17) is 19.2 Å². The van der Waals surface area contributed by atoms with Crippen molar-refractivity contribution in [3.8, 4) is 0 Å². The van der Waals surface area contributed by atoms with Gasteiger partial charge in [-0.2, -0.15) is 0 Å². The Morgan fingerprint density at radius 1 is 0.500 bits per heavy atom. The van der Waals surface area contributed by atoms with Gasteiger partial charge in [0.05, 0.1) is 0 Å². The van der Waals surface area contributed by atoms with Crippen molar-refractivity contribution in [1.82, 2.24) is 0 Å². The summed E-state index contributed by atoms with van der Waals surface area (Å²) in [6.07, 6.45) is 0. The van der Waals surface area contributed by atoms with Crippen molar-refractivity contribution in [2.24, 2.45) is 0 Å². The third-order valence-electron chi connectivity index (χ3n) is 0. The van der Waals surface area contributed by atoms with Crippen molar-refractivity contribution < 1.29 is 47.4 Å². The van der Waals surface area contributed by atoms with E-state index in [0.29, 0.717) is 0 Å². The van der Waals surface area contributed by atoms with Gasteiger partial charge in [-0.05, 0) is 0 Å². The molecule has 12 heavy (non-hydrogen) atoms. The van der Waals surface area contributed by atoms with E-state index in [9.17, 15) is 0 Å². The van der Waals surface area contributed by atoms with Gasteiger partial charge < -0.3 is 19.2 Å². The van der Waals surface area contributed by atoms with E-state index in [-0.39, 0.29) is 57.8 Å². The minimum atomic E-state index is -4.61. The molecule has 12 heteroatoms. The number of hydrogen-bond donors (Lipinski definition) is 4. The van der Waals surface area contributed by atoms with Gasteiger partial charge in [0.2, 0.25) is 0 Å². The van der Waals surface area contributed by atoms with E-state index < -0.39 is 9.05 Å². The summed E-state index contributed by atoms with van der Waals surface area (Å²) in [4.78, 5) is 29.3. The van der Waals surface area contributed by atoms with Crippen LogP contribution >= 0.6 is 0 Å². The second-order valence-corrected chi connectivity index (χ2v) is 1.80. The molecule has 0 rings (SSSR count). The van der Waals surface area contributed by atoms with Crippen molar-refractivity contribution in [2.75, 3.05) is 0 Å². The standard InChI is InChI=1S/6FH.Na.H4O4Si.H/c;;;;;;;1-5(2,3)4;/h6*1H;;1-4H;. The van der Waals surface area contributed by atoms with Crippen molar-refractivity contribution in [3.63, 3.8) is 0 Å². The Hall–Kier alpha value is 0.637. The summed E-state index contributed by atoms with van der Waals surface area (Å²) in [6, 6.07) is 0. The topological polar surface area (TPSA) is 80.9 Å². The fourth-order valence-electron chi connectivity index (χ4n) is 0. The Labute approximate surface area is 86.2 Å². The molecule has 4 nitrogen and oxygen atoms in total. The molecule has 0 amide bonds. The molecule has 82 valence electrons. The molecule has 0 aliphatic rings. The van der Waals surface area contributed by atoms with Gasteiger partial charge >= 0.3 is 38.6 Å². The maximum absolute atomic E-state index is 7.33. The molecule has 0 saturated heterocycles. The molecule has 0 radical (unpaired) electrons. The van der Waals surface area contributed by atoms with Crippen LogP contribution in [0.1, 0.15) is 0 Å². The van der Waals surface area contributed by atoms with Crippen LogP contribution in [0.25, 0.3) is 0 Å². The molecule has 0 unspecified atom stereocenters. The van der Waals surface area contributed by atoms with Gasteiger partial charge in [0.1, 0.15) is 0 Å². The van der Waals surface area contributed by atoms with Crippen LogP contribution in [-0.4, -0.2) is 57.8 Å². The average molecular weight is 240 g/mol. The summed E-state index contributed by atoms with van der Waals surface area (Å²) < 4.78 is 0. The minimum absolute atomic E-state index is 0. The summed E-state index contributed by atoms with van der Waals surface area (Å²) >= 11 is 0. The molecular formula is H11F6NaO4Si. The number of rotatable bonds is 0. The first-order valence-electron chi connectivity index (χ1n) is 0.894. The molecule has 0 fully saturated rings. The quantitative estimate of drug-likeness (QED) is 0.282. The molecule has 0 spiro atoms. The second-order valence-electron chi connectivity index (χ2n) is 0.600. The van der Waals surface area contributed by atoms with Crippen LogP contribution in [0.2, 0.25) is 0 Å². The molecule has 4 N–H and O–H groups in total. The molecular weight excluding hydrogens is 229 g/mol. The van der Waals surface area contributed by atoms with E-state index >= 15 is 0 Å². The zero-order chi connectivity index (χ0) is 4.50. The van der Waals surface area contributed by atoms with E-state index in [0.717, 1.165) is 0 Å². The molecule has 0 aromatic rings. The van der Waals surface area contributed by atoms with Crippen LogP contribution in [0.15, 0.2) is 0 Å². The molecule has 0 aliphatic carbocycles. The van der Waals surface area contributed by atoms with E-state index in [1.165, 1.54) is 0 Å². The Kier molecular flexibility index (Phi) is 198. The Bertz CT molecular complexity index is 35.0. The second kappa shape index (κ2) is 29.9. The first-order chi connectivity index (χ1) is 2.00. The molecule has 0 aromatic carbocycles. The fourth-order valence-corrected chi connectivity index (χ4v) is 0. The summed E-state index contributed by atoms with van der Waals surface area (Å²) in [7, 11) is -4.61. The average Bonchev–Trinajstić information content (AvgIpc) is 0.722. The molecule has 0 aliphatic heterocycles. The zero-order valence-electron chi connectivity index (χ0n) is 4.74. The van der Waals surface area contributed by atoms with E-state index in [1.54, 1.807) is 0 Å². The summed E-state index contributed by atoms with van der Waals surface area (Å²) in [6.45, 7) is 0. The third-order valence-corrected chi connectivity index (χ3v) is 0. The van der Waals surface area contributed by atoms with E-state index in [1.807, 2.05) is 0 Å². The SMILES string of the molecule is F.F.F.F.F.F.O[Si](O)(O)O.[NaH]. The molecule has 0 bridgehead atoms. The third kappa shape index (κ3) is 2440. The van der Waals surface area contributed by atoms with Crippen molar-refractivity contribution >= 4 is 38.6 Å². The van der Waals surface area contributed by atoms with Gasteiger partial charge in [-0.15, -0.1) is 0 Å². The molecule has 0 atom stereocenters. The van der Waals surface area contributed by atoms with Crippen molar-refractivity contribution in [1.29, 1.82) is 0 Å². The van der Waals surface area contributed by atoms with Gasteiger partial charge in [-0.3, -0.25) is 28.2 Å². The summed E-state index contributed by atoms with van der Waals surface area (Å²) in [5.74, 6) is 0. The van der Waals surface area contributed by atoms with Gasteiger partial charge in [0.15, 0.2) is 0 Å². The van der Waals surface area contributed by atoms with Crippen LogP contribution in [0, 0.1) is 0 Å². The summed E-state index contributed by atoms with van der Waals surface area (Å²) in [5, 5.41) is 0.